The van der Waals surface area contributed by atoms with Crippen LogP contribution in [-0.2, 0) is 14.3 Å². The van der Waals surface area contributed by atoms with Gasteiger partial charge < -0.3 is 15.2 Å². The molecule has 6 nitrogen and oxygen atoms in total. The van der Waals surface area contributed by atoms with Gasteiger partial charge in [0.1, 0.15) is 13.2 Å². The van der Waals surface area contributed by atoms with E-state index in [4.69, 9.17) is 10.4 Å². The van der Waals surface area contributed by atoms with Crippen LogP contribution in [0.25, 0.3) is 0 Å². The molecule has 0 aliphatic carbocycles. The van der Waals surface area contributed by atoms with Gasteiger partial charge >= 0.3 is 5.97 Å². The molecule has 72 valence electrons. The summed E-state index contributed by atoms with van der Waals surface area (Å²) in [4.78, 5) is 21.0. The number of hydrogen-bond donors (Lipinski definition) is 2. The number of carbonyl (C=O) groups excluding carboxylic acids is 1. The first kappa shape index (κ1) is 11.4. The van der Waals surface area contributed by atoms with Crippen LogP contribution in [-0.4, -0.2) is 36.2 Å². The summed E-state index contributed by atoms with van der Waals surface area (Å²) in [7, 11) is 0. The second-order valence-corrected chi connectivity index (χ2v) is 2.23. The molecule has 1 amide bonds. The fourth-order valence-electron chi connectivity index (χ4n) is 0.461. The summed E-state index contributed by atoms with van der Waals surface area (Å²) in [5.74, 6) is -1.64. The molecule has 0 unspecified atom stereocenters. The summed E-state index contributed by atoms with van der Waals surface area (Å²) >= 11 is 0. The molecule has 0 rings (SSSR count). The highest BCUT2D eigenvalue weighted by atomic mass is 16.5. The number of carbonyl (C=O) groups is 2. The summed E-state index contributed by atoms with van der Waals surface area (Å²) < 4.78 is 4.64. The largest absolute Gasteiger partial charge is 0.479 e. The van der Waals surface area contributed by atoms with E-state index in [1.807, 2.05) is 0 Å². The molecule has 0 radical (unpaired) electrons. The van der Waals surface area contributed by atoms with Gasteiger partial charge in [-0.3, -0.25) is 4.79 Å². The second kappa shape index (κ2) is 5.97. The van der Waals surface area contributed by atoms with Crippen molar-refractivity contribution in [3.05, 3.63) is 0 Å². The Morgan fingerprint density at radius 2 is 2.31 bits per heavy atom. The first-order valence-corrected chi connectivity index (χ1v) is 3.56. The van der Waals surface area contributed by atoms with Crippen LogP contribution in [0.2, 0.25) is 0 Å². The summed E-state index contributed by atoms with van der Waals surface area (Å²) in [6.45, 7) is 0.860. The summed E-state index contributed by atoms with van der Waals surface area (Å²) in [6.07, 6.45) is -1.02. The minimum Gasteiger partial charge on any atom is -0.479 e. The first-order chi connectivity index (χ1) is 6.07. The predicted octanol–water partition coefficient (Wildman–Crippen LogP) is -0.884. The Labute approximate surface area is 75.1 Å². The predicted molar refractivity (Wildman–Crippen MR) is 41.7 cm³/mol. The zero-order valence-electron chi connectivity index (χ0n) is 7.11. The number of ether oxygens (including phenoxy) is 1. The number of rotatable bonds is 5. The molecule has 2 N–H and O–H groups in total. The van der Waals surface area contributed by atoms with Crippen LogP contribution in [0.15, 0.2) is 0 Å². The van der Waals surface area contributed by atoms with Crippen LogP contribution in [0.3, 0.4) is 0 Å². The van der Waals surface area contributed by atoms with E-state index in [1.165, 1.54) is 6.92 Å². The number of nitrogens with one attached hydrogen (secondary N) is 1. The van der Waals surface area contributed by atoms with Gasteiger partial charge in [-0.15, -0.1) is 0 Å². The Hall–Kier alpha value is -1.61. The summed E-state index contributed by atoms with van der Waals surface area (Å²) in [5.41, 5.74) is 0. The van der Waals surface area contributed by atoms with Crippen molar-refractivity contribution in [3.8, 4) is 6.07 Å². The molecule has 13 heavy (non-hydrogen) atoms. The van der Waals surface area contributed by atoms with Crippen molar-refractivity contribution in [3.63, 3.8) is 0 Å². The molecular formula is C7H10N2O4. The summed E-state index contributed by atoms with van der Waals surface area (Å²) in [5, 5.41) is 18.7. The van der Waals surface area contributed by atoms with Gasteiger partial charge in [0.2, 0.25) is 5.91 Å². The van der Waals surface area contributed by atoms with Crippen molar-refractivity contribution in [1.82, 2.24) is 5.32 Å². The number of nitrogens with zero attached hydrogens (tertiary/aromatic N) is 1. The zero-order chi connectivity index (χ0) is 10.3. The van der Waals surface area contributed by atoms with Crippen molar-refractivity contribution in [2.75, 3.05) is 13.2 Å². The van der Waals surface area contributed by atoms with Crippen LogP contribution >= 0.6 is 0 Å². The van der Waals surface area contributed by atoms with E-state index in [1.54, 1.807) is 6.07 Å². The lowest BCUT2D eigenvalue weighted by Gasteiger charge is -2.06. The van der Waals surface area contributed by atoms with Crippen molar-refractivity contribution >= 4 is 11.9 Å². The topological polar surface area (TPSA) is 99.4 Å². The lowest BCUT2D eigenvalue weighted by molar-refractivity contribution is -0.150. The molecule has 0 saturated carbocycles. The van der Waals surface area contributed by atoms with Crippen LogP contribution in [0.1, 0.15) is 6.92 Å². The van der Waals surface area contributed by atoms with Gasteiger partial charge in [-0.2, -0.15) is 5.26 Å². The molecule has 0 aliphatic rings. The fourth-order valence-corrected chi connectivity index (χ4v) is 0.461. The van der Waals surface area contributed by atoms with Gasteiger partial charge in [-0.05, 0) is 6.92 Å². The highest BCUT2D eigenvalue weighted by molar-refractivity contribution is 5.78. The van der Waals surface area contributed by atoms with Crippen LogP contribution in [0.4, 0.5) is 0 Å². The number of aliphatic carboxylic acids is 1. The van der Waals surface area contributed by atoms with E-state index in [-0.39, 0.29) is 13.2 Å². The van der Waals surface area contributed by atoms with Gasteiger partial charge in [0, 0.05) is 0 Å². The molecule has 0 heterocycles. The Morgan fingerprint density at radius 3 is 2.77 bits per heavy atom. The van der Waals surface area contributed by atoms with Crippen LogP contribution < -0.4 is 5.32 Å². The van der Waals surface area contributed by atoms with E-state index in [0.717, 1.165) is 0 Å². The van der Waals surface area contributed by atoms with Crippen molar-refractivity contribution in [2.24, 2.45) is 0 Å². The molecule has 1 atom stereocenters. The normalized spacial score (nSPS) is 11.4. The monoisotopic (exact) mass is 186 g/mol. The molecule has 0 aromatic rings. The van der Waals surface area contributed by atoms with Crippen molar-refractivity contribution in [2.45, 2.75) is 13.0 Å². The molecular weight excluding hydrogens is 176 g/mol. The molecule has 0 aliphatic heterocycles. The molecule has 0 fully saturated rings. The van der Waals surface area contributed by atoms with Gasteiger partial charge in [0.05, 0.1) is 6.07 Å². The molecule has 0 aromatic carbocycles. The molecule has 0 saturated heterocycles. The summed E-state index contributed by atoms with van der Waals surface area (Å²) in [6, 6.07) is 1.71. The van der Waals surface area contributed by atoms with Crippen LogP contribution in [0, 0.1) is 11.3 Å². The van der Waals surface area contributed by atoms with E-state index in [2.05, 4.69) is 10.1 Å². The van der Waals surface area contributed by atoms with Crippen molar-refractivity contribution in [1.29, 1.82) is 5.26 Å². The lowest BCUT2D eigenvalue weighted by Crippen LogP contribution is -2.31. The van der Waals surface area contributed by atoms with Crippen LogP contribution in [0.5, 0.6) is 0 Å². The smallest absolute Gasteiger partial charge is 0.332 e. The van der Waals surface area contributed by atoms with Gasteiger partial charge in [-0.25, -0.2) is 4.79 Å². The van der Waals surface area contributed by atoms with E-state index in [9.17, 15) is 9.59 Å². The highest BCUT2D eigenvalue weighted by Crippen LogP contribution is 1.89. The first-order valence-electron chi connectivity index (χ1n) is 3.56. The average molecular weight is 186 g/mol. The minimum absolute atomic E-state index is 0.107. The van der Waals surface area contributed by atoms with Gasteiger partial charge in [0.25, 0.3) is 0 Å². The number of nitriles is 1. The molecule has 0 spiro atoms. The highest BCUT2D eigenvalue weighted by Gasteiger charge is 2.12. The SMILES string of the molecule is C[C@H](OCC(=O)NCC#N)C(=O)O. The zero-order valence-corrected chi connectivity index (χ0v) is 7.11. The average Bonchev–Trinajstić information content (AvgIpc) is 2.10. The van der Waals surface area contributed by atoms with E-state index < -0.39 is 18.0 Å². The maximum absolute atomic E-state index is 10.7. The molecule has 6 heteroatoms. The van der Waals surface area contributed by atoms with E-state index in [0.29, 0.717) is 0 Å². The third-order valence-electron chi connectivity index (χ3n) is 1.18. The number of carboxylic acids is 1. The molecule has 0 aromatic heterocycles. The third kappa shape index (κ3) is 5.64. The maximum Gasteiger partial charge on any atom is 0.332 e. The second-order valence-electron chi connectivity index (χ2n) is 2.23. The molecule has 0 bridgehead atoms. The number of amides is 1. The quantitative estimate of drug-likeness (QED) is 0.543. The Balaban J connectivity index is 3.59. The van der Waals surface area contributed by atoms with E-state index >= 15 is 0 Å². The maximum atomic E-state index is 10.7. The van der Waals surface area contributed by atoms with Gasteiger partial charge in [0.15, 0.2) is 6.10 Å². The minimum atomic E-state index is -1.13. The van der Waals surface area contributed by atoms with Gasteiger partial charge in [-0.1, -0.05) is 0 Å². The Kier molecular flexibility index (Phi) is 5.23. The number of carboxylic acid groups (broad SMARTS) is 1. The Bertz CT molecular complexity index is 233. The number of hydrogen-bond acceptors (Lipinski definition) is 4. The standard InChI is InChI=1S/C7H10N2O4/c1-5(7(11)12)13-4-6(10)9-3-2-8/h5H,3-4H2,1H3,(H,9,10)(H,11,12)/t5-/m0/s1. The lowest BCUT2D eigenvalue weighted by atomic mass is 10.4. The third-order valence-corrected chi connectivity index (χ3v) is 1.18. The fraction of sp³-hybridized carbons (Fsp3) is 0.571. The Morgan fingerprint density at radius 1 is 1.69 bits per heavy atom. The van der Waals surface area contributed by atoms with Crippen molar-refractivity contribution < 1.29 is 19.4 Å².